The number of carbonyl (C=O) groups is 1. The average Bonchev–Trinajstić information content (AvgIpc) is 1.67. The molecule has 8 saturated heterocycles. The quantitative estimate of drug-likeness (QED) is 0.0182. The molecule has 0 aromatic rings. The smallest absolute Gasteiger partial charge is 0.420 e. The Balaban J connectivity index is 0.000000370. The van der Waals surface area contributed by atoms with Gasteiger partial charge in [0, 0.05) is 170 Å². The van der Waals surface area contributed by atoms with Gasteiger partial charge in [-0.05, 0) is 224 Å². The van der Waals surface area contributed by atoms with Gasteiger partial charge in [0.05, 0.1) is 52.9 Å². The zero-order chi connectivity index (χ0) is 105. The molecule has 0 spiro atoms. The van der Waals surface area contributed by atoms with Crippen LogP contribution in [0.15, 0.2) is 0 Å². The van der Waals surface area contributed by atoms with Crippen molar-refractivity contribution in [2.24, 2.45) is 0 Å². The molecule has 0 saturated carbocycles. The van der Waals surface area contributed by atoms with Crippen molar-refractivity contribution in [2.45, 2.75) is 285 Å². The molecule has 14 unspecified atom stereocenters. The highest BCUT2D eigenvalue weighted by atomic mass is 28.5. The summed E-state index contributed by atoms with van der Waals surface area (Å²) in [6.45, 7) is 47.5. The van der Waals surface area contributed by atoms with Crippen LogP contribution in [0.5, 0.6) is 0 Å². The lowest BCUT2D eigenvalue weighted by Gasteiger charge is -2.42. The van der Waals surface area contributed by atoms with Crippen molar-refractivity contribution in [1.29, 1.82) is 0 Å². The van der Waals surface area contributed by atoms with Crippen LogP contribution in [0.25, 0.3) is 0 Å². The zero-order valence-corrected chi connectivity index (χ0v) is 116. The maximum atomic E-state index is 12.4. The topological polar surface area (TPSA) is 418 Å². The number of ether oxygens (including phenoxy) is 9. The van der Waals surface area contributed by atoms with Gasteiger partial charge in [-0.1, -0.05) is 0 Å². The third kappa shape index (κ3) is 53.1. The van der Waals surface area contributed by atoms with E-state index in [9.17, 15) is 4.79 Å². The predicted molar refractivity (Wildman–Crippen MR) is 580 cm³/mol. The van der Waals surface area contributed by atoms with Crippen LogP contribution in [0.1, 0.15) is 58.3 Å². The van der Waals surface area contributed by atoms with E-state index in [4.69, 9.17) is 183 Å². The fourth-order valence-electron chi connectivity index (χ4n) is 16.7. The Morgan fingerprint density at radius 3 is 0.707 bits per heavy atom. The summed E-state index contributed by atoms with van der Waals surface area (Å²) in [5.41, 5.74) is 0. The van der Waals surface area contributed by atoms with E-state index < -0.39 is 211 Å². The van der Waals surface area contributed by atoms with Gasteiger partial charge in [-0.25, -0.2) is 0 Å². The van der Waals surface area contributed by atoms with Gasteiger partial charge < -0.3 is 188 Å². The van der Waals surface area contributed by atoms with Gasteiger partial charge in [0.2, 0.25) is 0 Å². The van der Waals surface area contributed by atoms with Crippen LogP contribution in [0.2, 0.25) is 196 Å². The van der Waals surface area contributed by atoms with Gasteiger partial charge in [0.25, 0.3) is 55.7 Å². The molecule has 8 heterocycles. The number of methoxy groups -OCH3 is 1. The van der Waals surface area contributed by atoms with Gasteiger partial charge in [-0.2, -0.15) is 0 Å². The standard InChI is InChI=1S/C22H46O11Si3.C16H44O10Si6.C16H40O9Si5.C10H30O7Si5.C10H26O6Si4/c1-22(24-2,32-34(6,25-3)12-8-10-28-14-20-16-30-20)18-36(19-23,27-5)33-35(7,26-4)13-9-11-29-15-21-17-31-21;1-17-31(18-2,19-3)15-11-13-29(9)23-27(7)25-30(10,26-28(8)24-29)14-12-16-32(20-4,21-5)22-6;1-17-30(18-2,19-3)13-9-12-29(7)24-26(4)22-28(6,23-27(5)25-29)11-8-10-20-14-16-15-21-16;1-11-22(12-2,13-3)10-8-9-21(7)16-19(5)14-18(4)15-20(6)17-21;1-17-13-18(2)15-20(4,16-19(3)14-17)7-5-6-11-8-10-9-12-10/h19-21H,8-18H2,1-7H3;27-28H,11-16H2,1-10H3;16,26-27H,8-15H2,1-7H3;18-20H,8-10H2,1-7H3;10,17-19H,5-9H2,1-4H3. The highest BCUT2D eigenvalue weighted by molar-refractivity contribution is 6.97. The second kappa shape index (κ2) is 67.2. The molecule has 66 heteroatoms. The maximum absolute atomic E-state index is 12.4. The van der Waals surface area contributed by atoms with E-state index in [0.29, 0.717) is 70.5 Å². The molecule has 0 aromatic heterocycles. The summed E-state index contributed by atoms with van der Waals surface area (Å²) in [5, 5.41) is 0. The maximum Gasteiger partial charge on any atom is 0.500 e. The van der Waals surface area contributed by atoms with Crippen LogP contribution in [0, 0.1) is 0 Å². The molecular formula is C74H186O43Si23. The minimum absolute atomic E-state index is 0.138. The predicted octanol–water partition coefficient (Wildman–Crippen LogP) is 8.17. The molecule has 43 nitrogen and oxygen atoms in total. The Morgan fingerprint density at radius 2 is 0.507 bits per heavy atom. The molecule has 0 aromatic carbocycles. The minimum atomic E-state index is -3.42. The molecule has 8 aliphatic heterocycles. The van der Waals surface area contributed by atoms with Crippen molar-refractivity contribution < 1.29 is 188 Å². The fourth-order valence-corrected chi connectivity index (χ4v) is 98.6. The first kappa shape index (κ1) is 135. The van der Waals surface area contributed by atoms with E-state index in [1.165, 1.54) is 7.11 Å². The molecule has 832 valence electrons. The fraction of sp³-hybridized carbons (Fsp3) is 0.986. The SMILES string of the molecule is COC(C)(C[Si](C=O)(OC)O[Si](C)(CCCOCC1CO1)OC)O[Si](C)(CCCOCC1CO1)OC.CO[Si](CCC[Si]1(C)O[SiH](C)O[SiH](C)O[SiH](C)O1)(OC)OC.CO[Si](CCC[Si]1(C)O[SiH](C)O[Si](C)(CCCOCC2CO2)O[SiH](C)O1)(OC)OC.CO[Si](CCC[Si]1(C)O[SiH](C)O[Si](C)(CCC[Si](OC)(OC)OC)O[SiH](C)O1)(OC)OC.C[SiH]1O[SiH](C)O[Si](C)(CCCOCC2CO2)O[SiH](C)O1. The van der Waals surface area contributed by atoms with Crippen LogP contribution < -0.4 is 0 Å². The van der Waals surface area contributed by atoms with Gasteiger partial charge >= 0.3 is 149 Å². The molecule has 0 radical (unpaired) electrons. The van der Waals surface area contributed by atoms with E-state index >= 15 is 0 Å². The number of hydrogen-bond acceptors (Lipinski definition) is 43. The number of epoxide rings is 4. The molecule has 8 aliphatic rings. The van der Waals surface area contributed by atoms with Gasteiger partial charge in [0.15, 0.2) is 11.7 Å². The third-order valence-corrected chi connectivity index (χ3v) is 106. The van der Waals surface area contributed by atoms with Crippen LogP contribution in [-0.2, 0) is 188 Å². The van der Waals surface area contributed by atoms with Gasteiger partial charge in [-0.3, -0.25) is 0 Å². The first-order chi connectivity index (χ1) is 66.0. The Bertz CT molecular complexity index is 3140. The molecule has 14 atom stereocenters. The van der Waals surface area contributed by atoms with Crippen LogP contribution in [-0.4, -0.2) is 434 Å². The second-order valence-electron chi connectivity index (χ2n) is 37.1. The van der Waals surface area contributed by atoms with E-state index in [1.54, 1.807) is 114 Å². The Kier molecular flexibility index (Phi) is 64.9. The van der Waals surface area contributed by atoms with Crippen molar-refractivity contribution in [3.8, 4) is 0 Å². The number of carbonyl (C=O) groups excluding carboxylic acids is 1. The normalized spacial score (nSPS) is 32.5. The lowest BCUT2D eigenvalue weighted by atomic mass is 10.4. The first-order valence-electron chi connectivity index (χ1n) is 49.2. The van der Waals surface area contributed by atoms with Crippen molar-refractivity contribution >= 4 is 211 Å². The van der Waals surface area contributed by atoms with Gasteiger partial charge in [-0.15, -0.1) is 0 Å². The summed E-state index contributed by atoms with van der Waals surface area (Å²) >= 11 is 0. The van der Waals surface area contributed by atoms with Crippen LogP contribution in [0.4, 0.5) is 0 Å². The van der Waals surface area contributed by atoms with Crippen molar-refractivity contribution in [3.05, 3.63) is 0 Å². The lowest BCUT2D eigenvalue weighted by Crippen LogP contribution is -2.59. The zero-order valence-electron chi connectivity index (χ0n) is 91.5. The second-order valence-corrected chi connectivity index (χ2v) is 103. The summed E-state index contributed by atoms with van der Waals surface area (Å²) < 4.78 is 246. The van der Waals surface area contributed by atoms with E-state index in [-0.39, 0.29) is 18.3 Å². The van der Waals surface area contributed by atoms with E-state index in [1.807, 2.05) is 19.6 Å². The van der Waals surface area contributed by atoms with Crippen molar-refractivity contribution in [1.82, 2.24) is 0 Å². The average molecular weight is 2410 g/mol. The van der Waals surface area contributed by atoms with Gasteiger partial charge in [0.1, 0.15) is 24.4 Å². The van der Waals surface area contributed by atoms with Crippen LogP contribution >= 0.6 is 0 Å². The third-order valence-electron chi connectivity index (χ3n) is 24.4. The Labute approximate surface area is 870 Å². The van der Waals surface area contributed by atoms with E-state index in [2.05, 4.69) is 98.2 Å². The monoisotopic (exact) mass is 2410 g/mol. The molecule has 8 fully saturated rings. The van der Waals surface area contributed by atoms with E-state index in [0.717, 1.165) is 151 Å². The number of rotatable bonds is 63. The molecule has 8 rings (SSSR count). The first-order valence-corrected chi connectivity index (χ1v) is 100. The lowest BCUT2D eigenvalue weighted by molar-refractivity contribution is -0.155. The molecular weight excluding hydrogens is 2220 g/mol. The molecule has 0 bridgehead atoms. The number of hydrogen-bond donors (Lipinski definition) is 0. The summed E-state index contributed by atoms with van der Waals surface area (Å²) in [6, 6.07) is 9.60. The minimum Gasteiger partial charge on any atom is -0.420 e. The molecule has 140 heavy (non-hydrogen) atoms. The summed E-state index contributed by atoms with van der Waals surface area (Å²) in [7, 11) is -24.4. The largest absolute Gasteiger partial charge is 0.500 e. The molecule has 0 amide bonds. The Hall–Kier alpha value is 2.98. The molecule has 0 N–H and O–H groups in total. The highest BCUT2D eigenvalue weighted by Gasteiger charge is 2.56. The summed E-state index contributed by atoms with van der Waals surface area (Å²) in [4.78, 5) is 12.4. The summed E-state index contributed by atoms with van der Waals surface area (Å²) in [6.07, 6.45) is 7.97. The summed E-state index contributed by atoms with van der Waals surface area (Å²) in [5.74, 6) is -0.350. The van der Waals surface area contributed by atoms with Crippen molar-refractivity contribution in [3.63, 3.8) is 0 Å². The Morgan fingerprint density at radius 1 is 0.293 bits per heavy atom. The highest BCUT2D eigenvalue weighted by Crippen LogP contribution is 2.38. The van der Waals surface area contributed by atoms with Crippen LogP contribution in [0.3, 0.4) is 0 Å². The molecule has 0 aliphatic carbocycles. The van der Waals surface area contributed by atoms with Crippen molar-refractivity contribution in [2.75, 3.05) is 193 Å².